The van der Waals surface area contributed by atoms with Crippen LogP contribution in [0, 0.1) is 18.8 Å². The number of aryl methyl sites for hydroxylation is 1. The van der Waals surface area contributed by atoms with Gasteiger partial charge < -0.3 is 5.32 Å². The summed E-state index contributed by atoms with van der Waals surface area (Å²) in [7, 11) is 1.63. The summed E-state index contributed by atoms with van der Waals surface area (Å²) in [4.78, 5) is 26.9. The maximum atomic E-state index is 11.8. The fourth-order valence-electron chi connectivity index (χ4n) is 1.95. The van der Waals surface area contributed by atoms with Crippen LogP contribution in [0.4, 0.5) is 5.82 Å². The smallest absolute Gasteiger partial charge is 0.265 e. The van der Waals surface area contributed by atoms with Crippen LogP contribution >= 0.6 is 0 Å². The molecule has 24 heavy (non-hydrogen) atoms. The summed E-state index contributed by atoms with van der Waals surface area (Å²) in [6.07, 6.45) is 1.59. The SMILES string of the molecule is CNNC(=O)c1ccc(C)c(C#Cc2ccc(NC(C)=O)nc2)c1. The van der Waals surface area contributed by atoms with E-state index in [1.165, 1.54) is 6.92 Å². The van der Waals surface area contributed by atoms with E-state index in [-0.39, 0.29) is 11.8 Å². The quantitative estimate of drug-likeness (QED) is 0.592. The summed E-state index contributed by atoms with van der Waals surface area (Å²) in [6, 6.07) is 8.81. The molecule has 2 amide bonds. The zero-order valence-corrected chi connectivity index (χ0v) is 13.7. The number of nitrogens with zero attached hydrogens (tertiary/aromatic N) is 1. The molecule has 2 rings (SSSR count). The van der Waals surface area contributed by atoms with Crippen LogP contribution in [0.25, 0.3) is 0 Å². The molecular formula is C18H18N4O2. The van der Waals surface area contributed by atoms with Gasteiger partial charge in [0.25, 0.3) is 5.91 Å². The molecule has 0 aliphatic heterocycles. The lowest BCUT2D eigenvalue weighted by Crippen LogP contribution is -2.34. The Hall–Kier alpha value is -3.17. The zero-order valence-electron chi connectivity index (χ0n) is 13.7. The standard InChI is InChI=1S/C18H18N4O2/c1-12-4-7-16(18(24)22-19-3)10-15(12)8-5-14-6-9-17(20-11-14)21-13(2)23/h4,6-7,9-11,19H,1-3H3,(H,22,24)(H,20,21,23). The van der Waals surface area contributed by atoms with Gasteiger partial charge in [-0.3, -0.25) is 15.0 Å². The minimum atomic E-state index is -0.220. The fraction of sp³-hybridized carbons (Fsp3) is 0.167. The van der Waals surface area contributed by atoms with Crippen LogP contribution in [0.1, 0.15) is 34.0 Å². The van der Waals surface area contributed by atoms with Crippen molar-refractivity contribution in [2.45, 2.75) is 13.8 Å². The number of amides is 2. The first-order valence-corrected chi connectivity index (χ1v) is 7.33. The summed E-state index contributed by atoms with van der Waals surface area (Å²) in [6.45, 7) is 3.36. The van der Waals surface area contributed by atoms with E-state index in [1.54, 1.807) is 37.5 Å². The van der Waals surface area contributed by atoms with E-state index in [9.17, 15) is 9.59 Å². The van der Waals surface area contributed by atoms with Crippen LogP contribution in [0.2, 0.25) is 0 Å². The average Bonchev–Trinajstić information content (AvgIpc) is 2.55. The van der Waals surface area contributed by atoms with E-state index in [0.717, 1.165) is 11.1 Å². The van der Waals surface area contributed by atoms with Crippen molar-refractivity contribution in [1.82, 2.24) is 15.8 Å². The molecule has 3 N–H and O–H groups in total. The van der Waals surface area contributed by atoms with Gasteiger partial charge in [-0.1, -0.05) is 17.9 Å². The fourth-order valence-corrected chi connectivity index (χ4v) is 1.95. The van der Waals surface area contributed by atoms with Crippen molar-refractivity contribution in [2.24, 2.45) is 0 Å². The maximum Gasteiger partial charge on any atom is 0.265 e. The van der Waals surface area contributed by atoms with Crippen molar-refractivity contribution in [1.29, 1.82) is 0 Å². The molecule has 122 valence electrons. The largest absolute Gasteiger partial charge is 0.311 e. The van der Waals surface area contributed by atoms with Crippen LogP contribution in [0.3, 0.4) is 0 Å². The minimum Gasteiger partial charge on any atom is -0.311 e. The number of rotatable bonds is 3. The predicted molar refractivity (Wildman–Crippen MR) is 92.2 cm³/mol. The molecule has 0 spiro atoms. The molecule has 0 saturated carbocycles. The monoisotopic (exact) mass is 322 g/mol. The first kappa shape index (κ1) is 17.2. The Morgan fingerprint density at radius 2 is 1.92 bits per heavy atom. The number of carbonyl (C=O) groups excluding carboxylic acids is 2. The Bertz CT molecular complexity index is 817. The second-order valence-electron chi connectivity index (χ2n) is 5.10. The zero-order chi connectivity index (χ0) is 17.5. The van der Waals surface area contributed by atoms with E-state index in [0.29, 0.717) is 16.9 Å². The minimum absolute atomic E-state index is 0.173. The lowest BCUT2D eigenvalue weighted by atomic mass is 10.0. The van der Waals surface area contributed by atoms with E-state index in [1.807, 2.05) is 13.0 Å². The number of benzene rings is 1. The summed E-state index contributed by atoms with van der Waals surface area (Å²) in [5.41, 5.74) is 8.11. The van der Waals surface area contributed by atoms with Crippen molar-refractivity contribution >= 4 is 17.6 Å². The molecule has 0 unspecified atom stereocenters. The van der Waals surface area contributed by atoms with E-state index in [4.69, 9.17) is 0 Å². The highest BCUT2D eigenvalue weighted by atomic mass is 16.2. The lowest BCUT2D eigenvalue weighted by molar-refractivity contribution is -0.114. The lowest BCUT2D eigenvalue weighted by Gasteiger charge is -2.05. The number of hydrogen-bond acceptors (Lipinski definition) is 4. The van der Waals surface area contributed by atoms with Crippen molar-refractivity contribution in [3.63, 3.8) is 0 Å². The molecule has 0 aliphatic carbocycles. The first-order chi connectivity index (χ1) is 11.5. The van der Waals surface area contributed by atoms with Crippen molar-refractivity contribution in [3.8, 4) is 11.8 Å². The molecule has 0 atom stereocenters. The molecule has 0 saturated heterocycles. The number of hydrogen-bond donors (Lipinski definition) is 3. The molecule has 1 heterocycles. The van der Waals surface area contributed by atoms with E-state index >= 15 is 0 Å². The Labute approximate surface area is 140 Å². The van der Waals surface area contributed by atoms with E-state index in [2.05, 4.69) is 33.0 Å². The van der Waals surface area contributed by atoms with Gasteiger partial charge in [-0.25, -0.2) is 10.4 Å². The molecule has 0 fully saturated rings. The van der Waals surface area contributed by atoms with Crippen molar-refractivity contribution < 1.29 is 9.59 Å². The van der Waals surface area contributed by atoms with Crippen LogP contribution in [-0.4, -0.2) is 23.8 Å². The van der Waals surface area contributed by atoms with Gasteiger partial charge in [0.1, 0.15) is 5.82 Å². The first-order valence-electron chi connectivity index (χ1n) is 7.33. The summed E-state index contributed by atoms with van der Waals surface area (Å²) in [5.74, 6) is 6.15. The Kier molecular flexibility index (Phi) is 5.66. The molecule has 1 aromatic heterocycles. The second-order valence-corrected chi connectivity index (χ2v) is 5.10. The highest BCUT2D eigenvalue weighted by Gasteiger charge is 2.06. The van der Waals surface area contributed by atoms with Gasteiger partial charge in [0.2, 0.25) is 5.91 Å². The van der Waals surface area contributed by atoms with E-state index < -0.39 is 0 Å². The highest BCUT2D eigenvalue weighted by molar-refractivity contribution is 5.94. The normalized spacial score (nSPS) is 9.62. The molecule has 6 heteroatoms. The van der Waals surface area contributed by atoms with Crippen molar-refractivity contribution in [3.05, 3.63) is 58.8 Å². The van der Waals surface area contributed by atoms with Gasteiger partial charge >= 0.3 is 0 Å². The topological polar surface area (TPSA) is 83.1 Å². The van der Waals surface area contributed by atoms with Crippen LogP contribution in [0.15, 0.2) is 36.5 Å². The van der Waals surface area contributed by atoms with Crippen molar-refractivity contribution in [2.75, 3.05) is 12.4 Å². The third kappa shape index (κ3) is 4.66. The molecule has 0 radical (unpaired) electrons. The number of anilines is 1. The van der Waals surface area contributed by atoms with Gasteiger partial charge in [0.05, 0.1) is 0 Å². The maximum absolute atomic E-state index is 11.8. The number of nitrogens with one attached hydrogen (secondary N) is 3. The number of carbonyl (C=O) groups is 2. The van der Waals surface area contributed by atoms with Gasteiger partial charge in [0.15, 0.2) is 0 Å². The molecule has 1 aromatic carbocycles. The molecule has 0 aliphatic rings. The van der Waals surface area contributed by atoms with Gasteiger partial charge in [-0.2, -0.15) is 0 Å². The van der Waals surface area contributed by atoms with Gasteiger partial charge in [-0.15, -0.1) is 0 Å². The summed E-state index contributed by atoms with van der Waals surface area (Å²) < 4.78 is 0. The Morgan fingerprint density at radius 3 is 2.54 bits per heavy atom. The number of pyridine rings is 1. The third-order valence-corrected chi connectivity index (χ3v) is 3.15. The average molecular weight is 322 g/mol. The number of hydrazine groups is 1. The van der Waals surface area contributed by atoms with Crippen LogP contribution in [-0.2, 0) is 4.79 Å². The molecule has 2 aromatic rings. The summed E-state index contributed by atoms with van der Waals surface area (Å²) in [5, 5.41) is 2.60. The molecular weight excluding hydrogens is 304 g/mol. The molecule has 0 bridgehead atoms. The van der Waals surface area contributed by atoms with Crippen LogP contribution in [0.5, 0.6) is 0 Å². The second kappa shape index (κ2) is 7.90. The predicted octanol–water partition coefficient (Wildman–Crippen LogP) is 1.61. The number of aromatic nitrogens is 1. The highest BCUT2D eigenvalue weighted by Crippen LogP contribution is 2.11. The van der Waals surface area contributed by atoms with Gasteiger partial charge in [-0.05, 0) is 36.8 Å². The third-order valence-electron chi connectivity index (χ3n) is 3.15. The van der Waals surface area contributed by atoms with Crippen LogP contribution < -0.4 is 16.2 Å². The summed E-state index contributed by atoms with van der Waals surface area (Å²) >= 11 is 0. The molecule has 6 nitrogen and oxygen atoms in total. The Morgan fingerprint density at radius 1 is 1.12 bits per heavy atom. The Balaban J connectivity index is 2.22. The van der Waals surface area contributed by atoms with Gasteiger partial charge in [0, 0.05) is 36.9 Å².